The SMILES string of the molecule is CN(CCc1ccccn1)C(=O)Cc1cnn(-c2ccccc2)c1. The van der Waals surface area contributed by atoms with Crippen LogP contribution in [0, 0.1) is 0 Å². The molecule has 24 heavy (non-hydrogen) atoms. The number of aromatic nitrogens is 3. The van der Waals surface area contributed by atoms with E-state index in [9.17, 15) is 4.79 Å². The Morgan fingerprint density at radius 2 is 1.92 bits per heavy atom. The molecule has 5 heteroatoms. The third-order valence-electron chi connectivity index (χ3n) is 3.87. The Kier molecular flexibility index (Phi) is 5.01. The van der Waals surface area contributed by atoms with Gasteiger partial charge < -0.3 is 4.90 Å². The van der Waals surface area contributed by atoms with Crippen molar-refractivity contribution in [3.8, 4) is 5.69 Å². The lowest BCUT2D eigenvalue weighted by molar-refractivity contribution is -0.129. The highest BCUT2D eigenvalue weighted by Crippen LogP contribution is 2.09. The molecule has 0 saturated carbocycles. The summed E-state index contributed by atoms with van der Waals surface area (Å²) in [4.78, 5) is 18.4. The van der Waals surface area contributed by atoms with Crippen molar-refractivity contribution in [2.45, 2.75) is 12.8 Å². The second-order valence-corrected chi connectivity index (χ2v) is 5.69. The lowest BCUT2D eigenvalue weighted by Gasteiger charge is -2.16. The zero-order valence-corrected chi connectivity index (χ0v) is 13.7. The molecule has 0 atom stereocenters. The number of para-hydroxylation sites is 1. The van der Waals surface area contributed by atoms with Crippen molar-refractivity contribution in [1.82, 2.24) is 19.7 Å². The molecule has 2 heterocycles. The first-order valence-corrected chi connectivity index (χ1v) is 7.95. The van der Waals surface area contributed by atoms with E-state index < -0.39 is 0 Å². The van der Waals surface area contributed by atoms with E-state index >= 15 is 0 Å². The van der Waals surface area contributed by atoms with Gasteiger partial charge in [-0.1, -0.05) is 24.3 Å². The van der Waals surface area contributed by atoms with Crippen molar-refractivity contribution in [1.29, 1.82) is 0 Å². The molecule has 0 unspecified atom stereocenters. The topological polar surface area (TPSA) is 51.0 Å². The first-order valence-electron chi connectivity index (χ1n) is 7.95. The Morgan fingerprint density at radius 1 is 1.12 bits per heavy atom. The first kappa shape index (κ1) is 15.9. The average Bonchev–Trinajstić information content (AvgIpc) is 3.10. The summed E-state index contributed by atoms with van der Waals surface area (Å²) in [6.45, 7) is 0.655. The maximum absolute atomic E-state index is 12.3. The van der Waals surface area contributed by atoms with Crippen LogP contribution in [0.15, 0.2) is 67.1 Å². The van der Waals surface area contributed by atoms with E-state index in [0.29, 0.717) is 13.0 Å². The van der Waals surface area contributed by atoms with E-state index in [1.54, 1.807) is 22.0 Å². The molecule has 5 nitrogen and oxygen atoms in total. The van der Waals surface area contributed by atoms with Crippen LogP contribution >= 0.6 is 0 Å². The maximum atomic E-state index is 12.3. The highest BCUT2D eigenvalue weighted by atomic mass is 16.2. The molecule has 0 N–H and O–H groups in total. The Bertz CT molecular complexity index is 783. The van der Waals surface area contributed by atoms with Crippen LogP contribution in [0.25, 0.3) is 5.69 Å². The summed E-state index contributed by atoms with van der Waals surface area (Å²) in [5.74, 6) is 0.0820. The van der Waals surface area contributed by atoms with Crippen LogP contribution in [0.1, 0.15) is 11.3 Å². The molecule has 3 rings (SSSR count). The molecule has 2 aromatic heterocycles. The Labute approximate surface area is 141 Å². The normalized spacial score (nSPS) is 10.5. The molecule has 0 aliphatic rings. The molecule has 1 amide bonds. The number of rotatable bonds is 6. The Balaban J connectivity index is 1.55. The molecule has 0 spiro atoms. The van der Waals surface area contributed by atoms with Gasteiger partial charge in [-0.15, -0.1) is 0 Å². The van der Waals surface area contributed by atoms with Crippen LogP contribution in [-0.4, -0.2) is 39.2 Å². The minimum absolute atomic E-state index is 0.0820. The van der Waals surface area contributed by atoms with Gasteiger partial charge in [-0.05, 0) is 29.8 Å². The lowest BCUT2D eigenvalue weighted by Crippen LogP contribution is -2.30. The van der Waals surface area contributed by atoms with Crippen molar-refractivity contribution in [3.63, 3.8) is 0 Å². The monoisotopic (exact) mass is 320 g/mol. The van der Waals surface area contributed by atoms with E-state index in [-0.39, 0.29) is 5.91 Å². The number of likely N-dealkylation sites (N-methyl/N-ethyl adjacent to an activating group) is 1. The summed E-state index contributed by atoms with van der Waals surface area (Å²) < 4.78 is 1.79. The van der Waals surface area contributed by atoms with Crippen molar-refractivity contribution in [2.24, 2.45) is 0 Å². The summed E-state index contributed by atoms with van der Waals surface area (Å²) >= 11 is 0. The molecule has 0 bridgehead atoms. The Hall–Kier alpha value is -2.95. The summed E-state index contributed by atoms with van der Waals surface area (Å²) in [5, 5.41) is 4.33. The van der Waals surface area contributed by atoms with Gasteiger partial charge in [0.2, 0.25) is 5.91 Å². The maximum Gasteiger partial charge on any atom is 0.226 e. The number of hydrogen-bond donors (Lipinski definition) is 0. The lowest BCUT2D eigenvalue weighted by atomic mass is 10.2. The number of pyridine rings is 1. The van der Waals surface area contributed by atoms with Crippen molar-refractivity contribution >= 4 is 5.91 Å². The van der Waals surface area contributed by atoms with Crippen LogP contribution in [-0.2, 0) is 17.6 Å². The number of carbonyl (C=O) groups excluding carboxylic acids is 1. The number of nitrogens with zero attached hydrogens (tertiary/aromatic N) is 4. The second kappa shape index (κ2) is 7.55. The molecule has 0 aliphatic heterocycles. The van der Waals surface area contributed by atoms with Crippen molar-refractivity contribution in [2.75, 3.05) is 13.6 Å². The van der Waals surface area contributed by atoms with Crippen LogP contribution in [0.2, 0.25) is 0 Å². The van der Waals surface area contributed by atoms with Crippen molar-refractivity contribution < 1.29 is 4.79 Å². The predicted octanol–water partition coefficient (Wildman–Crippen LogP) is 2.51. The van der Waals surface area contributed by atoms with Gasteiger partial charge in [-0.25, -0.2) is 4.68 Å². The van der Waals surface area contributed by atoms with E-state index in [0.717, 1.165) is 23.4 Å². The summed E-state index contributed by atoms with van der Waals surface area (Å²) in [7, 11) is 1.83. The quantitative estimate of drug-likeness (QED) is 0.701. The summed E-state index contributed by atoms with van der Waals surface area (Å²) in [5.41, 5.74) is 2.89. The van der Waals surface area contributed by atoms with Crippen LogP contribution < -0.4 is 0 Å². The fourth-order valence-corrected chi connectivity index (χ4v) is 2.44. The van der Waals surface area contributed by atoms with Gasteiger partial charge in [0.05, 0.1) is 18.3 Å². The van der Waals surface area contributed by atoms with Crippen LogP contribution in [0.5, 0.6) is 0 Å². The molecule has 0 saturated heterocycles. The number of benzene rings is 1. The van der Waals surface area contributed by atoms with Gasteiger partial charge in [0.25, 0.3) is 0 Å². The number of amides is 1. The molecule has 3 aromatic rings. The molecule has 0 fully saturated rings. The van der Waals surface area contributed by atoms with Crippen LogP contribution in [0.3, 0.4) is 0 Å². The smallest absolute Gasteiger partial charge is 0.226 e. The second-order valence-electron chi connectivity index (χ2n) is 5.69. The van der Waals surface area contributed by atoms with Gasteiger partial charge >= 0.3 is 0 Å². The fourth-order valence-electron chi connectivity index (χ4n) is 2.44. The van der Waals surface area contributed by atoms with Gasteiger partial charge in [0.1, 0.15) is 0 Å². The van der Waals surface area contributed by atoms with E-state index in [2.05, 4.69) is 10.1 Å². The zero-order chi connectivity index (χ0) is 16.8. The van der Waals surface area contributed by atoms with E-state index in [1.807, 2.05) is 61.8 Å². The fraction of sp³-hybridized carbons (Fsp3) is 0.211. The molecule has 122 valence electrons. The average molecular weight is 320 g/mol. The highest BCUT2D eigenvalue weighted by Gasteiger charge is 2.11. The third-order valence-corrected chi connectivity index (χ3v) is 3.87. The Morgan fingerprint density at radius 3 is 2.67 bits per heavy atom. The minimum atomic E-state index is 0.0820. The van der Waals surface area contributed by atoms with Gasteiger partial charge in [-0.3, -0.25) is 9.78 Å². The van der Waals surface area contributed by atoms with Crippen molar-refractivity contribution in [3.05, 3.63) is 78.4 Å². The van der Waals surface area contributed by atoms with E-state index in [1.165, 1.54) is 0 Å². The largest absolute Gasteiger partial charge is 0.345 e. The number of carbonyl (C=O) groups is 1. The van der Waals surface area contributed by atoms with E-state index in [4.69, 9.17) is 0 Å². The third kappa shape index (κ3) is 4.07. The minimum Gasteiger partial charge on any atom is -0.345 e. The summed E-state index contributed by atoms with van der Waals surface area (Å²) in [6.07, 6.45) is 6.53. The summed E-state index contributed by atoms with van der Waals surface area (Å²) in [6, 6.07) is 15.7. The van der Waals surface area contributed by atoms with Gasteiger partial charge in [0, 0.05) is 38.1 Å². The predicted molar refractivity (Wildman–Crippen MR) is 92.8 cm³/mol. The van der Waals surface area contributed by atoms with Gasteiger partial charge in [-0.2, -0.15) is 5.10 Å². The molecular formula is C19H20N4O. The van der Waals surface area contributed by atoms with Gasteiger partial charge in [0.15, 0.2) is 0 Å². The van der Waals surface area contributed by atoms with Crippen LogP contribution in [0.4, 0.5) is 0 Å². The first-order chi connectivity index (χ1) is 11.7. The zero-order valence-electron chi connectivity index (χ0n) is 13.7. The standard InChI is InChI=1S/C19H20N4O/c1-22(12-10-17-7-5-6-11-20-17)19(24)13-16-14-21-23(15-16)18-8-3-2-4-9-18/h2-9,11,14-15H,10,12-13H2,1H3. The number of hydrogen-bond acceptors (Lipinski definition) is 3. The molecular weight excluding hydrogens is 300 g/mol. The molecule has 0 aliphatic carbocycles. The molecule has 1 aromatic carbocycles. The molecule has 0 radical (unpaired) electrons. The highest BCUT2D eigenvalue weighted by molar-refractivity contribution is 5.78.